The molecule has 4 nitrogen and oxygen atoms in total. The second-order valence-electron chi connectivity index (χ2n) is 5.27. The Hall–Kier alpha value is -1.26. The van der Waals surface area contributed by atoms with Gasteiger partial charge in [-0.15, -0.1) is 0 Å². The first kappa shape index (κ1) is 16.1. The highest BCUT2D eigenvalue weighted by Gasteiger charge is 2.30. The van der Waals surface area contributed by atoms with Crippen molar-refractivity contribution < 1.29 is 14.7 Å². The average molecular weight is 330 g/mol. The van der Waals surface area contributed by atoms with Crippen LogP contribution in [-0.4, -0.2) is 35.0 Å². The fourth-order valence-corrected chi connectivity index (χ4v) is 2.81. The Bertz CT molecular complexity index is 548. The van der Waals surface area contributed by atoms with Gasteiger partial charge >= 0.3 is 5.97 Å². The van der Waals surface area contributed by atoms with Gasteiger partial charge in [-0.05, 0) is 37.0 Å². The minimum absolute atomic E-state index is 0.0267. The van der Waals surface area contributed by atoms with Gasteiger partial charge in [-0.25, -0.2) is 0 Å². The van der Waals surface area contributed by atoms with Crippen LogP contribution in [-0.2, 0) is 16.0 Å². The molecule has 1 aliphatic rings. The molecule has 0 bridgehead atoms. The summed E-state index contributed by atoms with van der Waals surface area (Å²) in [5, 5.41) is 9.96. The highest BCUT2D eigenvalue weighted by molar-refractivity contribution is 6.42. The number of amides is 1. The molecule has 0 radical (unpaired) electrons. The second kappa shape index (κ2) is 7.14. The smallest absolute Gasteiger partial charge is 0.308 e. The van der Waals surface area contributed by atoms with Crippen molar-refractivity contribution in [3.63, 3.8) is 0 Å². The van der Waals surface area contributed by atoms with Crippen LogP contribution < -0.4 is 0 Å². The Kier molecular flexibility index (Phi) is 5.48. The molecule has 0 aromatic heterocycles. The van der Waals surface area contributed by atoms with E-state index in [1.807, 2.05) is 12.1 Å². The van der Waals surface area contributed by atoms with Crippen LogP contribution >= 0.6 is 23.2 Å². The van der Waals surface area contributed by atoms with Crippen molar-refractivity contribution >= 4 is 35.1 Å². The largest absolute Gasteiger partial charge is 0.481 e. The summed E-state index contributed by atoms with van der Waals surface area (Å²) < 4.78 is 0. The summed E-state index contributed by atoms with van der Waals surface area (Å²) in [6.07, 6.45) is 2.43. The predicted octanol–water partition coefficient (Wildman–Crippen LogP) is 3.25. The van der Waals surface area contributed by atoms with E-state index >= 15 is 0 Å². The fraction of sp³-hybridized carbons (Fsp3) is 0.467. The molecule has 0 unspecified atom stereocenters. The van der Waals surface area contributed by atoms with E-state index < -0.39 is 11.9 Å². The maximum absolute atomic E-state index is 12.0. The summed E-state index contributed by atoms with van der Waals surface area (Å²) in [5.74, 6) is -1.20. The van der Waals surface area contributed by atoms with Gasteiger partial charge in [0.1, 0.15) is 0 Å². The van der Waals surface area contributed by atoms with Crippen LogP contribution in [0.2, 0.25) is 10.0 Å². The van der Waals surface area contributed by atoms with E-state index in [1.165, 1.54) is 0 Å². The number of hydrogen-bond acceptors (Lipinski definition) is 2. The molecule has 1 aromatic rings. The maximum Gasteiger partial charge on any atom is 0.308 e. The Morgan fingerprint density at radius 3 is 2.67 bits per heavy atom. The molecular weight excluding hydrogens is 313 g/mol. The van der Waals surface area contributed by atoms with Crippen molar-refractivity contribution in [1.82, 2.24) is 4.90 Å². The number of halogens is 2. The van der Waals surface area contributed by atoms with Crippen LogP contribution in [0.3, 0.4) is 0 Å². The third-order valence-electron chi connectivity index (χ3n) is 3.73. The third-order valence-corrected chi connectivity index (χ3v) is 4.47. The van der Waals surface area contributed by atoms with Crippen molar-refractivity contribution in [2.24, 2.45) is 5.92 Å². The second-order valence-corrected chi connectivity index (χ2v) is 6.08. The van der Waals surface area contributed by atoms with Crippen LogP contribution in [0, 0.1) is 5.92 Å². The first-order valence-electron chi connectivity index (χ1n) is 6.92. The fourth-order valence-electron chi connectivity index (χ4n) is 2.49. The number of hydrogen-bond donors (Lipinski definition) is 1. The van der Waals surface area contributed by atoms with Crippen LogP contribution in [0.15, 0.2) is 18.2 Å². The van der Waals surface area contributed by atoms with E-state index in [0.29, 0.717) is 42.4 Å². The van der Waals surface area contributed by atoms with Crippen molar-refractivity contribution in [1.29, 1.82) is 0 Å². The lowest BCUT2D eigenvalue weighted by Crippen LogP contribution is -2.29. The first-order valence-corrected chi connectivity index (χ1v) is 7.67. The molecule has 21 heavy (non-hydrogen) atoms. The molecule has 0 saturated carbocycles. The third kappa shape index (κ3) is 4.35. The summed E-state index contributed by atoms with van der Waals surface area (Å²) in [5.41, 5.74) is 1.04. The first-order chi connectivity index (χ1) is 9.97. The predicted molar refractivity (Wildman–Crippen MR) is 81.7 cm³/mol. The number of aryl methyl sites for hydroxylation is 1. The lowest BCUT2D eigenvalue weighted by molar-refractivity contribution is -0.141. The maximum atomic E-state index is 12.0. The van der Waals surface area contributed by atoms with E-state index in [-0.39, 0.29) is 5.91 Å². The zero-order valence-electron chi connectivity index (χ0n) is 11.5. The van der Waals surface area contributed by atoms with Crippen molar-refractivity contribution in [3.05, 3.63) is 33.8 Å². The summed E-state index contributed by atoms with van der Waals surface area (Å²) in [6.45, 7) is 0.878. The Morgan fingerprint density at radius 2 is 2.05 bits per heavy atom. The van der Waals surface area contributed by atoms with Gasteiger partial charge in [-0.2, -0.15) is 0 Å². The summed E-state index contributed by atoms with van der Waals surface area (Å²) in [4.78, 5) is 24.5. The van der Waals surface area contributed by atoms with E-state index in [4.69, 9.17) is 28.3 Å². The van der Waals surface area contributed by atoms with Gasteiger partial charge in [0.2, 0.25) is 5.91 Å². The Morgan fingerprint density at radius 1 is 1.29 bits per heavy atom. The number of carboxylic acids is 1. The monoisotopic (exact) mass is 329 g/mol. The molecule has 1 aromatic carbocycles. The average Bonchev–Trinajstić information content (AvgIpc) is 2.92. The van der Waals surface area contributed by atoms with Crippen molar-refractivity contribution in [3.8, 4) is 0 Å². The van der Waals surface area contributed by atoms with E-state index in [9.17, 15) is 9.59 Å². The number of carbonyl (C=O) groups excluding carboxylic acids is 1. The molecule has 1 fully saturated rings. The van der Waals surface area contributed by atoms with Crippen LogP contribution in [0.25, 0.3) is 0 Å². The van der Waals surface area contributed by atoms with E-state index in [1.54, 1.807) is 11.0 Å². The van der Waals surface area contributed by atoms with Gasteiger partial charge in [-0.1, -0.05) is 29.3 Å². The topological polar surface area (TPSA) is 57.6 Å². The lowest BCUT2D eigenvalue weighted by atomic mass is 10.1. The highest BCUT2D eigenvalue weighted by atomic mass is 35.5. The SMILES string of the molecule is O=C(O)[C@H]1CCN(C(=O)CCCc2ccc(Cl)c(Cl)c2)C1. The summed E-state index contributed by atoms with van der Waals surface area (Å²) >= 11 is 11.8. The van der Waals surface area contributed by atoms with Gasteiger partial charge < -0.3 is 10.0 Å². The molecule has 0 spiro atoms. The molecule has 1 heterocycles. The van der Waals surface area contributed by atoms with Gasteiger partial charge in [0, 0.05) is 19.5 Å². The van der Waals surface area contributed by atoms with Crippen LogP contribution in [0.1, 0.15) is 24.8 Å². The number of rotatable bonds is 5. The minimum Gasteiger partial charge on any atom is -0.481 e. The summed E-state index contributed by atoms with van der Waals surface area (Å²) in [6, 6.07) is 5.46. The quantitative estimate of drug-likeness (QED) is 0.902. The lowest BCUT2D eigenvalue weighted by Gasteiger charge is -2.15. The van der Waals surface area contributed by atoms with Gasteiger partial charge in [0.25, 0.3) is 0 Å². The van der Waals surface area contributed by atoms with E-state index in [0.717, 1.165) is 12.0 Å². The molecule has 1 amide bonds. The standard InChI is InChI=1S/C15H17Cl2NO3/c16-12-5-4-10(8-13(12)17)2-1-3-14(19)18-7-6-11(9-18)15(20)21/h4-5,8,11H,1-3,6-7,9H2,(H,20,21)/t11-/m0/s1. The number of benzene rings is 1. The highest BCUT2D eigenvalue weighted by Crippen LogP contribution is 2.23. The normalized spacial score (nSPS) is 18.0. The molecule has 1 saturated heterocycles. The Balaban J connectivity index is 1.77. The van der Waals surface area contributed by atoms with Gasteiger partial charge in [0.15, 0.2) is 0 Å². The molecule has 114 valence electrons. The zero-order valence-corrected chi connectivity index (χ0v) is 13.0. The molecule has 1 N–H and O–H groups in total. The Labute approximate surface area is 133 Å². The van der Waals surface area contributed by atoms with Gasteiger partial charge in [0.05, 0.1) is 16.0 Å². The van der Waals surface area contributed by atoms with Crippen LogP contribution in [0.5, 0.6) is 0 Å². The number of aliphatic carboxylic acids is 1. The molecule has 2 rings (SSSR count). The summed E-state index contributed by atoms with van der Waals surface area (Å²) in [7, 11) is 0. The minimum atomic E-state index is -0.818. The zero-order chi connectivity index (χ0) is 15.4. The molecule has 0 aliphatic carbocycles. The number of carboxylic acid groups (broad SMARTS) is 1. The van der Waals surface area contributed by atoms with Crippen molar-refractivity contribution in [2.75, 3.05) is 13.1 Å². The number of carbonyl (C=O) groups is 2. The molecule has 6 heteroatoms. The molecule has 1 atom stereocenters. The molecule has 1 aliphatic heterocycles. The van der Waals surface area contributed by atoms with Gasteiger partial charge in [-0.3, -0.25) is 9.59 Å². The number of likely N-dealkylation sites (tertiary alicyclic amines) is 1. The van der Waals surface area contributed by atoms with E-state index in [2.05, 4.69) is 0 Å². The molecular formula is C15H17Cl2NO3. The van der Waals surface area contributed by atoms with Crippen molar-refractivity contribution in [2.45, 2.75) is 25.7 Å². The number of nitrogens with zero attached hydrogens (tertiary/aromatic N) is 1. The van der Waals surface area contributed by atoms with Crippen LogP contribution in [0.4, 0.5) is 0 Å².